The van der Waals surface area contributed by atoms with Crippen molar-refractivity contribution >= 4 is 17.4 Å². The number of ether oxygens (including phenoxy) is 1. The van der Waals surface area contributed by atoms with E-state index in [4.69, 9.17) is 4.74 Å². The largest absolute Gasteiger partial charge is 0.444 e. The average molecular weight is 286 g/mol. The maximum atomic E-state index is 11.6. The number of aliphatic hydroxyl groups excluding tert-OH is 1. The zero-order valence-corrected chi connectivity index (χ0v) is 12.7. The summed E-state index contributed by atoms with van der Waals surface area (Å²) in [6.07, 6.45) is 1.99. The molecule has 0 saturated heterocycles. The molecule has 1 aromatic rings. The number of rotatable bonds is 5. The van der Waals surface area contributed by atoms with Gasteiger partial charge in [0, 0.05) is 23.0 Å². The Balaban J connectivity index is 2.50. The Morgan fingerprint density at radius 2 is 2.16 bits per heavy atom. The van der Waals surface area contributed by atoms with Gasteiger partial charge in [0.15, 0.2) is 0 Å². The first kappa shape index (κ1) is 15.9. The van der Waals surface area contributed by atoms with E-state index in [9.17, 15) is 9.90 Å². The summed E-state index contributed by atoms with van der Waals surface area (Å²) in [5, 5.41) is 12.2. The maximum absolute atomic E-state index is 11.6. The molecule has 0 radical (unpaired) electrons. The number of hydrogen-bond donors (Lipinski definition) is 2. The van der Waals surface area contributed by atoms with Crippen molar-refractivity contribution in [2.75, 3.05) is 13.2 Å². The van der Waals surface area contributed by atoms with Crippen LogP contribution in [-0.2, 0) is 11.2 Å². The first-order chi connectivity index (χ1) is 8.74. The topological polar surface area (TPSA) is 71.5 Å². The monoisotopic (exact) mass is 286 g/mol. The highest BCUT2D eigenvalue weighted by Crippen LogP contribution is 2.23. The van der Waals surface area contributed by atoms with Gasteiger partial charge in [-0.1, -0.05) is 6.92 Å². The van der Waals surface area contributed by atoms with Crippen LogP contribution in [0.5, 0.6) is 0 Å². The molecule has 1 heterocycles. The van der Waals surface area contributed by atoms with E-state index >= 15 is 0 Å². The fourth-order valence-electron chi connectivity index (χ4n) is 1.52. The summed E-state index contributed by atoms with van der Waals surface area (Å²) >= 11 is 1.54. The summed E-state index contributed by atoms with van der Waals surface area (Å²) in [7, 11) is 0. The number of amides is 1. The predicted molar refractivity (Wildman–Crippen MR) is 75.2 cm³/mol. The number of nitrogens with zero attached hydrogens (tertiary/aromatic N) is 1. The lowest BCUT2D eigenvalue weighted by atomic mass is 9.87. The molecular formula is C13H22N2O3S. The molecule has 108 valence electrons. The van der Waals surface area contributed by atoms with Crippen LogP contribution in [0.1, 0.15) is 32.6 Å². The van der Waals surface area contributed by atoms with Gasteiger partial charge in [-0.25, -0.2) is 4.79 Å². The minimum atomic E-state index is -0.516. The Bertz CT molecular complexity index is 401. The number of carbonyl (C=O) groups excluding carboxylic acids is 1. The SMILES string of the molecule is CC(CO)(CNC(=O)OC(C)(C)C)Cc1cncs1. The van der Waals surface area contributed by atoms with Crippen LogP contribution in [0, 0.1) is 5.41 Å². The van der Waals surface area contributed by atoms with Crippen LogP contribution in [-0.4, -0.2) is 34.9 Å². The number of hydrogen-bond acceptors (Lipinski definition) is 5. The first-order valence-corrected chi connectivity index (χ1v) is 7.07. The summed E-state index contributed by atoms with van der Waals surface area (Å²) in [5.74, 6) is 0. The van der Waals surface area contributed by atoms with Crippen LogP contribution in [0.15, 0.2) is 11.7 Å². The molecule has 1 rings (SSSR count). The van der Waals surface area contributed by atoms with Crippen molar-refractivity contribution in [1.29, 1.82) is 0 Å². The molecule has 1 aromatic heterocycles. The van der Waals surface area contributed by atoms with E-state index in [0.29, 0.717) is 13.0 Å². The third kappa shape index (κ3) is 6.02. The van der Waals surface area contributed by atoms with Crippen molar-refractivity contribution in [1.82, 2.24) is 10.3 Å². The van der Waals surface area contributed by atoms with Crippen LogP contribution in [0.4, 0.5) is 4.79 Å². The summed E-state index contributed by atoms with van der Waals surface area (Å²) in [6, 6.07) is 0. The van der Waals surface area contributed by atoms with E-state index in [2.05, 4.69) is 10.3 Å². The van der Waals surface area contributed by atoms with E-state index in [1.165, 1.54) is 0 Å². The number of nitrogens with one attached hydrogen (secondary N) is 1. The van der Waals surface area contributed by atoms with Crippen molar-refractivity contribution in [3.63, 3.8) is 0 Å². The molecule has 1 amide bonds. The van der Waals surface area contributed by atoms with Gasteiger partial charge in [-0.2, -0.15) is 0 Å². The molecule has 1 unspecified atom stereocenters. The van der Waals surface area contributed by atoms with Crippen molar-refractivity contribution in [3.8, 4) is 0 Å². The summed E-state index contributed by atoms with van der Waals surface area (Å²) in [6.45, 7) is 7.71. The van der Waals surface area contributed by atoms with Crippen molar-refractivity contribution in [2.24, 2.45) is 5.41 Å². The second-order valence-electron chi connectivity index (χ2n) is 5.97. The molecule has 2 N–H and O–H groups in total. The minimum absolute atomic E-state index is 0.0132. The van der Waals surface area contributed by atoms with E-state index in [-0.39, 0.29) is 6.61 Å². The van der Waals surface area contributed by atoms with Crippen molar-refractivity contribution in [3.05, 3.63) is 16.6 Å². The lowest BCUT2D eigenvalue weighted by Crippen LogP contribution is -2.41. The van der Waals surface area contributed by atoms with Crippen LogP contribution >= 0.6 is 11.3 Å². The fraction of sp³-hybridized carbons (Fsp3) is 0.692. The standard InChI is InChI=1S/C13H22N2O3S/c1-12(2,3)18-11(17)15-7-13(4,8-16)5-10-6-14-9-19-10/h6,9,16H,5,7-8H2,1-4H3,(H,15,17). The smallest absolute Gasteiger partial charge is 0.407 e. The molecule has 0 bridgehead atoms. The summed E-state index contributed by atoms with van der Waals surface area (Å²) < 4.78 is 5.17. The second-order valence-corrected chi connectivity index (χ2v) is 6.94. The van der Waals surface area contributed by atoms with Gasteiger partial charge < -0.3 is 15.2 Å². The van der Waals surface area contributed by atoms with Gasteiger partial charge in [0.05, 0.1) is 12.1 Å². The number of carbonyl (C=O) groups is 1. The highest BCUT2D eigenvalue weighted by atomic mass is 32.1. The average Bonchev–Trinajstić information content (AvgIpc) is 2.77. The molecular weight excluding hydrogens is 264 g/mol. The number of alkyl carbamates (subject to hydrolysis) is 1. The Hall–Kier alpha value is -1.14. The molecule has 0 spiro atoms. The van der Waals surface area contributed by atoms with E-state index < -0.39 is 17.1 Å². The van der Waals surface area contributed by atoms with E-state index in [1.807, 2.05) is 27.7 Å². The molecule has 0 fully saturated rings. The molecule has 19 heavy (non-hydrogen) atoms. The highest BCUT2D eigenvalue weighted by molar-refractivity contribution is 7.09. The maximum Gasteiger partial charge on any atom is 0.407 e. The molecule has 0 saturated carbocycles. The Morgan fingerprint density at radius 3 is 2.63 bits per heavy atom. The molecule has 0 aliphatic carbocycles. The van der Waals surface area contributed by atoms with Gasteiger partial charge in [0.2, 0.25) is 0 Å². The zero-order chi connectivity index (χ0) is 14.5. The van der Waals surface area contributed by atoms with Gasteiger partial charge in [-0.3, -0.25) is 4.98 Å². The summed E-state index contributed by atoms with van der Waals surface area (Å²) in [4.78, 5) is 16.7. The van der Waals surface area contributed by atoms with Crippen molar-refractivity contribution < 1.29 is 14.6 Å². The molecule has 0 aliphatic heterocycles. The molecule has 5 nitrogen and oxygen atoms in total. The lowest BCUT2D eigenvalue weighted by molar-refractivity contribution is 0.0479. The zero-order valence-electron chi connectivity index (χ0n) is 11.9. The molecule has 0 aliphatic rings. The normalized spacial score (nSPS) is 14.8. The number of aromatic nitrogens is 1. The van der Waals surface area contributed by atoms with E-state index in [1.54, 1.807) is 23.0 Å². The lowest BCUT2D eigenvalue weighted by Gasteiger charge is -2.28. The predicted octanol–water partition coefficient (Wildman–Crippen LogP) is 2.21. The molecule has 0 aromatic carbocycles. The Morgan fingerprint density at radius 1 is 1.47 bits per heavy atom. The summed E-state index contributed by atoms with van der Waals surface area (Å²) in [5.41, 5.74) is 0.829. The van der Waals surface area contributed by atoms with Crippen LogP contribution < -0.4 is 5.32 Å². The third-order valence-corrected chi connectivity index (χ3v) is 3.30. The number of aliphatic hydroxyl groups is 1. The van der Waals surface area contributed by atoms with Crippen LogP contribution in [0.25, 0.3) is 0 Å². The Labute approximate surface area is 118 Å². The van der Waals surface area contributed by atoms with Crippen molar-refractivity contribution in [2.45, 2.75) is 39.7 Å². The Kier molecular flexibility index (Phi) is 5.31. The first-order valence-electron chi connectivity index (χ1n) is 6.19. The molecule has 1 atom stereocenters. The van der Waals surface area contributed by atoms with Crippen LogP contribution in [0.2, 0.25) is 0 Å². The van der Waals surface area contributed by atoms with E-state index in [0.717, 1.165) is 4.88 Å². The minimum Gasteiger partial charge on any atom is -0.444 e. The van der Waals surface area contributed by atoms with Gasteiger partial charge in [0.25, 0.3) is 0 Å². The van der Waals surface area contributed by atoms with Gasteiger partial charge in [0.1, 0.15) is 5.60 Å². The van der Waals surface area contributed by atoms with Crippen LogP contribution in [0.3, 0.4) is 0 Å². The highest BCUT2D eigenvalue weighted by Gasteiger charge is 2.26. The second kappa shape index (κ2) is 6.34. The number of thiazole rings is 1. The fourth-order valence-corrected chi connectivity index (χ4v) is 2.33. The van der Waals surface area contributed by atoms with Gasteiger partial charge in [-0.05, 0) is 27.2 Å². The van der Waals surface area contributed by atoms with Gasteiger partial charge >= 0.3 is 6.09 Å². The quantitative estimate of drug-likeness (QED) is 0.870. The molecule has 6 heteroatoms. The third-order valence-electron chi connectivity index (χ3n) is 2.52. The van der Waals surface area contributed by atoms with Gasteiger partial charge in [-0.15, -0.1) is 11.3 Å².